The second kappa shape index (κ2) is 7.56. The van der Waals surface area contributed by atoms with Crippen LogP contribution in [0.5, 0.6) is 5.75 Å². The van der Waals surface area contributed by atoms with Crippen molar-refractivity contribution < 1.29 is 27.5 Å². The Labute approximate surface area is 149 Å². The molecule has 5 nitrogen and oxygen atoms in total. The number of hydrogen-bond donors (Lipinski definition) is 2. The van der Waals surface area contributed by atoms with E-state index in [0.717, 1.165) is 6.07 Å². The van der Waals surface area contributed by atoms with Crippen LogP contribution in [-0.2, 0) is 11.0 Å². The summed E-state index contributed by atoms with van der Waals surface area (Å²) in [5, 5.41) is 2.38. The van der Waals surface area contributed by atoms with Crippen LogP contribution in [0.3, 0.4) is 0 Å². The third-order valence-electron chi connectivity index (χ3n) is 3.01. The monoisotopic (exact) mass is 416 g/mol. The normalized spacial score (nSPS) is 11.0. The zero-order valence-corrected chi connectivity index (χ0v) is 14.1. The number of amides is 2. The Hall–Kier alpha value is -2.55. The molecular weight excluding hydrogens is 405 g/mol. The molecule has 0 aliphatic heterocycles. The summed E-state index contributed by atoms with van der Waals surface area (Å²) in [6, 6.07) is 9.19. The zero-order valence-electron chi connectivity index (χ0n) is 12.6. The van der Waals surface area contributed by atoms with Crippen molar-refractivity contribution in [2.45, 2.75) is 6.18 Å². The van der Waals surface area contributed by atoms with E-state index in [1.807, 2.05) is 0 Å². The molecule has 25 heavy (non-hydrogen) atoms. The topological polar surface area (TPSA) is 81.4 Å². The highest BCUT2D eigenvalue weighted by atomic mass is 79.9. The summed E-state index contributed by atoms with van der Waals surface area (Å²) in [7, 11) is 0. The summed E-state index contributed by atoms with van der Waals surface area (Å²) in [6.07, 6.45) is -4.55. The predicted molar refractivity (Wildman–Crippen MR) is 88.2 cm³/mol. The second-order valence-electron chi connectivity index (χ2n) is 4.93. The lowest BCUT2D eigenvalue weighted by Crippen LogP contribution is -2.20. The Morgan fingerprint density at radius 2 is 1.88 bits per heavy atom. The van der Waals surface area contributed by atoms with E-state index < -0.39 is 23.6 Å². The van der Waals surface area contributed by atoms with Crippen LogP contribution in [-0.4, -0.2) is 18.4 Å². The van der Waals surface area contributed by atoms with Gasteiger partial charge in [-0.25, -0.2) is 0 Å². The second-order valence-corrected chi connectivity index (χ2v) is 5.78. The first-order valence-electron chi connectivity index (χ1n) is 6.86. The van der Waals surface area contributed by atoms with Gasteiger partial charge < -0.3 is 15.8 Å². The highest BCUT2D eigenvalue weighted by Gasteiger charge is 2.33. The third kappa shape index (κ3) is 5.21. The Morgan fingerprint density at radius 3 is 2.52 bits per heavy atom. The molecule has 0 bridgehead atoms. The number of carbonyl (C=O) groups is 2. The lowest BCUT2D eigenvalue weighted by Gasteiger charge is -2.12. The van der Waals surface area contributed by atoms with E-state index in [9.17, 15) is 22.8 Å². The Balaban J connectivity index is 2.17. The predicted octanol–water partition coefficient (Wildman–Crippen LogP) is 3.58. The molecule has 2 rings (SSSR count). The van der Waals surface area contributed by atoms with Crippen LogP contribution in [0.25, 0.3) is 0 Å². The van der Waals surface area contributed by atoms with Gasteiger partial charge in [0.05, 0.1) is 5.56 Å². The molecule has 2 aromatic rings. The number of ether oxygens (including phenoxy) is 1. The van der Waals surface area contributed by atoms with Crippen molar-refractivity contribution in [1.82, 2.24) is 0 Å². The molecule has 9 heteroatoms. The molecule has 132 valence electrons. The van der Waals surface area contributed by atoms with Crippen LogP contribution in [0.4, 0.5) is 18.9 Å². The van der Waals surface area contributed by atoms with E-state index in [0.29, 0.717) is 0 Å². The van der Waals surface area contributed by atoms with Crippen molar-refractivity contribution >= 4 is 33.4 Å². The Morgan fingerprint density at radius 1 is 1.16 bits per heavy atom. The number of halogens is 4. The van der Waals surface area contributed by atoms with Crippen molar-refractivity contribution in [2.24, 2.45) is 5.73 Å². The SMILES string of the molecule is NC(=O)COc1cccc(C(=O)Nc2ccc(Br)c(C(F)(F)F)c2)c1. The molecule has 0 spiro atoms. The lowest BCUT2D eigenvalue weighted by molar-refractivity contribution is -0.138. The minimum Gasteiger partial charge on any atom is -0.484 e. The Kier molecular flexibility index (Phi) is 5.68. The van der Waals surface area contributed by atoms with Crippen LogP contribution < -0.4 is 15.8 Å². The molecule has 0 heterocycles. The quantitative estimate of drug-likeness (QED) is 0.781. The van der Waals surface area contributed by atoms with Gasteiger partial charge in [-0.15, -0.1) is 0 Å². The highest BCUT2D eigenvalue weighted by molar-refractivity contribution is 9.10. The van der Waals surface area contributed by atoms with Crippen molar-refractivity contribution in [2.75, 3.05) is 11.9 Å². The van der Waals surface area contributed by atoms with Gasteiger partial charge in [0.1, 0.15) is 5.75 Å². The number of alkyl halides is 3. The summed E-state index contributed by atoms with van der Waals surface area (Å²) in [5.74, 6) is -1.07. The fourth-order valence-electron chi connectivity index (χ4n) is 1.91. The van der Waals surface area contributed by atoms with Crippen LogP contribution in [0.1, 0.15) is 15.9 Å². The molecule has 0 aliphatic rings. The number of nitrogens with two attached hydrogens (primary N) is 1. The van der Waals surface area contributed by atoms with Gasteiger partial charge >= 0.3 is 6.18 Å². The lowest BCUT2D eigenvalue weighted by atomic mass is 10.1. The first kappa shape index (κ1) is 18.8. The van der Waals surface area contributed by atoms with Crippen LogP contribution in [0, 0.1) is 0 Å². The van der Waals surface area contributed by atoms with Crippen molar-refractivity contribution in [3.8, 4) is 5.75 Å². The van der Waals surface area contributed by atoms with Gasteiger partial charge in [-0.1, -0.05) is 22.0 Å². The molecular formula is C16H12BrF3N2O3. The average Bonchev–Trinajstić information content (AvgIpc) is 2.54. The minimum atomic E-state index is -4.55. The van der Waals surface area contributed by atoms with Gasteiger partial charge in [0, 0.05) is 15.7 Å². The maximum Gasteiger partial charge on any atom is 0.417 e. The first-order chi connectivity index (χ1) is 11.7. The molecule has 0 aromatic heterocycles. The van der Waals surface area contributed by atoms with E-state index in [-0.39, 0.29) is 28.1 Å². The number of anilines is 1. The zero-order chi connectivity index (χ0) is 18.6. The van der Waals surface area contributed by atoms with Gasteiger partial charge in [0.15, 0.2) is 6.61 Å². The summed E-state index contributed by atoms with van der Waals surface area (Å²) in [5.41, 5.74) is 4.20. The molecule has 0 radical (unpaired) electrons. The van der Waals surface area contributed by atoms with Gasteiger partial charge in [0.25, 0.3) is 11.8 Å². The van der Waals surface area contributed by atoms with Crippen molar-refractivity contribution in [3.05, 3.63) is 58.1 Å². The van der Waals surface area contributed by atoms with Crippen molar-refractivity contribution in [1.29, 1.82) is 0 Å². The Bertz CT molecular complexity index is 809. The molecule has 0 saturated carbocycles. The number of rotatable bonds is 5. The van der Waals surface area contributed by atoms with Crippen molar-refractivity contribution in [3.63, 3.8) is 0 Å². The molecule has 0 atom stereocenters. The maximum atomic E-state index is 12.9. The fourth-order valence-corrected chi connectivity index (χ4v) is 2.38. The number of hydrogen-bond acceptors (Lipinski definition) is 3. The largest absolute Gasteiger partial charge is 0.484 e. The molecule has 0 fully saturated rings. The molecule has 0 aliphatic carbocycles. The van der Waals surface area contributed by atoms with Crippen LogP contribution in [0.2, 0.25) is 0 Å². The number of benzene rings is 2. The number of carbonyl (C=O) groups excluding carboxylic acids is 2. The standard InChI is InChI=1S/C16H12BrF3N2O3/c17-13-5-4-10(7-12(13)16(18,19)20)22-15(24)9-2-1-3-11(6-9)25-8-14(21)23/h1-7H,8H2,(H2,21,23)(H,22,24). The minimum absolute atomic E-state index is 0.0102. The van der Waals surface area contributed by atoms with Gasteiger partial charge in [-0.3, -0.25) is 9.59 Å². The fraction of sp³-hybridized carbons (Fsp3) is 0.125. The van der Waals surface area contributed by atoms with E-state index in [4.69, 9.17) is 10.5 Å². The van der Waals surface area contributed by atoms with E-state index in [1.165, 1.54) is 36.4 Å². The van der Waals surface area contributed by atoms with Gasteiger partial charge in [0.2, 0.25) is 0 Å². The molecule has 2 aromatic carbocycles. The molecule has 0 saturated heterocycles. The molecule has 2 amide bonds. The van der Waals surface area contributed by atoms with Gasteiger partial charge in [-0.2, -0.15) is 13.2 Å². The average molecular weight is 417 g/mol. The smallest absolute Gasteiger partial charge is 0.417 e. The number of nitrogens with one attached hydrogen (secondary N) is 1. The summed E-state index contributed by atoms with van der Waals surface area (Å²) in [6.45, 7) is -0.354. The van der Waals surface area contributed by atoms with E-state index in [1.54, 1.807) is 0 Å². The van der Waals surface area contributed by atoms with Crippen LogP contribution >= 0.6 is 15.9 Å². The maximum absolute atomic E-state index is 12.9. The molecule has 3 N–H and O–H groups in total. The van der Waals surface area contributed by atoms with Crippen LogP contribution in [0.15, 0.2) is 46.9 Å². The summed E-state index contributed by atoms with van der Waals surface area (Å²) in [4.78, 5) is 22.9. The van der Waals surface area contributed by atoms with E-state index in [2.05, 4.69) is 21.2 Å². The number of primary amides is 1. The summed E-state index contributed by atoms with van der Waals surface area (Å²) < 4.78 is 43.6. The third-order valence-corrected chi connectivity index (χ3v) is 3.70. The summed E-state index contributed by atoms with van der Waals surface area (Å²) >= 11 is 2.83. The molecule has 0 unspecified atom stereocenters. The first-order valence-corrected chi connectivity index (χ1v) is 7.65. The van der Waals surface area contributed by atoms with Gasteiger partial charge in [-0.05, 0) is 36.4 Å². The highest BCUT2D eigenvalue weighted by Crippen LogP contribution is 2.36. The van der Waals surface area contributed by atoms with E-state index >= 15 is 0 Å².